The molecule has 0 aliphatic rings. The molecule has 0 atom stereocenters. The van der Waals surface area contributed by atoms with Crippen molar-refractivity contribution in [1.29, 1.82) is 0 Å². The standard InChI is InChI=1S/C23H26N4O7S/c1-4-33-13-14-34-19-8-6-5-7-18(19)22(28)24-16-9-11-17(12-10-16)35(29,30)27-20-15-21(31-2)26-23(25-20)32-3/h5-12,15H,4,13-14H2,1-3H3,(H,24,28)(H,25,26,27). The molecule has 0 spiro atoms. The highest BCUT2D eigenvalue weighted by Gasteiger charge is 2.18. The second-order valence-electron chi connectivity index (χ2n) is 6.91. The van der Waals surface area contributed by atoms with E-state index in [1.165, 1.54) is 44.6 Å². The number of carbonyl (C=O) groups excluding carboxylic acids is 1. The summed E-state index contributed by atoms with van der Waals surface area (Å²) < 4.78 is 48.8. The van der Waals surface area contributed by atoms with Gasteiger partial charge in [0.05, 0.1) is 31.3 Å². The monoisotopic (exact) mass is 502 g/mol. The van der Waals surface area contributed by atoms with Crippen LogP contribution in [0.2, 0.25) is 0 Å². The predicted molar refractivity (Wildman–Crippen MR) is 129 cm³/mol. The Hall–Kier alpha value is -3.90. The van der Waals surface area contributed by atoms with Gasteiger partial charge < -0.3 is 24.3 Å². The van der Waals surface area contributed by atoms with Crippen molar-refractivity contribution in [3.8, 4) is 17.6 Å². The summed E-state index contributed by atoms with van der Waals surface area (Å²) in [5.41, 5.74) is 0.748. The van der Waals surface area contributed by atoms with E-state index in [0.29, 0.717) is 36.8 Å². The van der Waals surface area contributed by atoms with Gasteiger partial charge in [0.25, 0.3) is 15.9 Å². The lowest BCUT2D eigenvalue weighted by Gasteiger charge is -2.12. The van der Waals surface area contributed by atoms with Crippen LogP contribution in [0.3, 0.4) is 0 Å². The quantitative estimate of drug-likeness (QED) is 0.358. The molecule has 0 aliphatic carbocycles. The summed E-state index contributed by atoms with van der Waals surface area (Å²) >= 11 is 0. The average Bonchev–Trinajstić information content (AvgIpc) is 2.86. The molecule has 1 heterocycles. The van der Waals surface area contributed by atoms with Gasteiger partial charge >= 0.3 is 6.01 Å². The molecule has 0 bridgehead atoms. The number of para-hydroxylation sites is 1. The van der Waals surface area contributed by atoms with Gasteiger partial charge in [0, 0.05) is 18.4 Å². The molecule has 3 rings (SSSR count). The molecule has 35 heavy (non-hydrogen) atoms. The number of methoxy groups -OCH3 is 2. The maximum Gasteiger partial charge on any atom is 0.321 e. The number of hydrogen-bond acceptors (Lipinski definition) is 9. The molecular weight excluding hydrogens is 476 g/mol. The number of aromatic nitrogens is 2. The third-order valence-electron chi connectivity index (χ3n) is 4.56. The summed E-state index contributed by atoms with van der Waals surface area (Å²) in [5, 5.41) is 2.74. The van der Waals surface area contributed by atoms with E-state index in [1.54, 1.807) is 24.3 Å². The number of nitrogens with one attached hydrogen (secondary N) is 2. The minimum absolute atomic E-state index is 0.0213. The van der Waals surface area contributed by atoms with E-state index in [2.05, 4.69) is 20.0 Å². The molecular formula is C23H26N4O7S. The summed E-state index contributed by atoms with van der Waals surface area (Å²) in [6, 6.07) is 13.8. The molecule has 3 aromatic rings. The molecule has 0 unspecified atom stereocenters. The van der Waals surface area contributed by atoms with Crippen molar-refractivity contribution in [2.75, 3.05) is 44.1 Å². The van der Waals surface area contributed by atoms with Gasteiger partial charge in [-0.05, 0) is 43.3 Å². The van der Waals surface area contributed by atoms with Crippen LogP contribution in [-0.2, 0) is 14.8 Å². The van der Waals surface area contributed by atoms with Crippen LogP contribution < -0.4 is 24.2 Å². The second-order valence-corrected chi connectivity index (χ2v) is 8.59. The second kappa shape index (κ2) is 12.0. The van der Waals surface area contributed by atoms with Crippen molar-refractivity contribution in [3.05, 3.63) is 60.2 Å². The van der Waals surface area contributed by atoms with Crippen molar-refractivity contribution in [2.45, 2.75) is 11.8 Å². The summed E-state index contributed by atoms with van der Waals surface area (Å²) in [4.78, 5) is 20.6. The number of rotatable bonds is 12. The fourth-order valence-corrected chi connectivity index (χ4v) is 3.89. The molecule has 1 aromatic heterocycles. The smallest absolute Gasteiger partial charge is 0.321 e. The topological polar surface area (TPSA) is 138 Å². The summed E-state index contributed by atoms with van der Waals surface area (Å²) in [7, 11) is -1.24. The van der Waals surface area contributed by atoms with E-state index < -0.39 is 15.9 Å². The molecule has 2 N–H and O–H groups in total. The van der Waals surface area contributed by atoms with Gasteiger partial charge in [-0.2, -0.15) is 9.97 Å². The van der Waals surface area contributed by atoms with Crippen LogP contribution in [-0.4, -0.2) is 58.3 Å². The van der Waals surface area contributed by atoms with E-state index in [-0.39, 0.29) is 22.6 Å². The third-order valence-corrected chi connectivity index (χ3v) is 5.93. The molecule has 0 aliphatic heterocycles. The van der Waals surface area contributed by atoms with Crippen LogP contribution in [0.5, 0.6) is 17.6 Å². The molecule has 0 saturated carbocycles. The number of ether oxygens (including phenoxy) is 4. The van der Waals surface area contributed by atoms with Crippen molar-refractivity contribution in [1.82, 2.24) is 9.97 Å². The molecule has 0 fully saturated rings. The fraction of sp³-hybridized carbons (Fsp3) is 0.261. The SMILES string of the molecule is CCOCCOc1ccccc1C(=O)Nc1ccc(S(=O)(=O)Nc2cc(OC)nc(OC)n2)cc1. The lowest BCUT2D eigenvalue weighted by Crippen LogP contribution is -2.16. The molecule has 0 saturated heterocycles. The van der Waals surface area contributed by atoms with Crippen molar-refractivity contribution in [2.24, 2.45) is 0 Å². The normalized spacial score (nSPS) is 10.9. The van der Waals surface area contributed by atoms with Crippen molar-refractivity contribution < 1.29 is 32.2 Å². The minimum Gasteiger partial charge on any atom is -0.490 e. The molecule has 2 aromatic carbocycles. The highest BCUT2D eigenvalue weighted by Crippen LogP contribution is 2.23. The molecule has 1 amide bonds. The average molecular weight is 503 g/mol. The molecule has 12 heteroatoms. The van der Waals surface area contributed by atoms with Crippen LogP contribution in [0.4, 0.5) is 11.5 Å². The Bertz CT molecular complexity index is 1230. The Labute approximate surface area is 203 Å². The Morgan fingerprint density at radius 3 is 2.40 bits per heavy atom. The van der Waals surface area contributed by atoms with Crippen molar-refractivity contribution in [3.63, 3.8) is 0 Å². The first kappa shape index (κ1) is 25.7. The summed E-state index contributed by atoms with van der Waals surface area (Å²) in [6.45, 7) is 3.18. The highest BCUT2D eigenvalue weighted by molar-refractivity contribution is 7.92. The van der Waals surface area contributed by atoms with Gasteiger partial charge in [0.15, 0.2) is 5.82 Å². The summed E-state index contributed by atoms with van der Waals surface area (Å²) in [5.74, 6) is 0.136. The number of anilines is 2. The number of amides is 1. The highest BCUT2D eigenvalue weighted by atomic mass is 32.2. The van der Waals surface area contributed by atoms with E-state index in [4.69, 9.17) is 18.9 Å². The van der Waals surface area contributed by atoms with E-state index in [9.17, 15) is 13.2 Å². The van der Waals surface area contributed by atoms with E-state index in [0.717, 1.165) is 0 Å². The molecule has 0 radical (unpaired) electrons. The Balaban J connectivity index is 1.70. The number of hydrogen-bond donors (Lipinski definition) is 2. The van der Waals surface area contributed by atoms with Crippen LogP contribution in [0.15, 0.2) is 59.5 Å². The predicted octanol–water partition coefficient (Wildman–Crippen LogP) is 2.96. The molecule has 11 nitrogen and oxygen atoms in total. The van der Waals surface area contributed by atoms with Crippen LogP contribution in [0, 0.1) is 0 Å². The van der Waals surface area contributed by atoms with Crippen molar-refractivity contribution >= 4 is 27.4 Å². The first-order valence-corrected chi connectivity index (χ1v) is 12.1. The molecule has 186 valence electrons. The first-order chi connectivity index (χ1) is 16.9. The Morgan fingerprint density at radius 1 is 0.971 bits per heavy atom. The Morgan fingerprint density at radius 2 is 1.71 bits per heavy atom. The lowest BCUT2D eigenvalue weighted by molar-refractivity contribution is 0.0998. The minimum atomic E-state index is -3.98. The number of benzene rings is 2. The third kappa shape index (κ3) is 7.04. The zero-order chi connectivity index (χ0) is 25.3. The maximum atomic E-state index is 12.8. The number of carbonyl (C=O) groups is 1. The van der Waals surface area contributed by atoms with Gasteiger partial charge in [-0.15, -0.1) is 0 Å². The van der Waals surface area contributed by atoms with Crippen LogP contribution in [0.25, 0.3) is 0 Å². The zero-order valence-corrected chi connectivity index (χ0v) is 20.3. The van der Waals surface area contributed by atoms with E-state index in [1.807, 2.05) is 6.92 Å². The van der Waals surface area contributed by atoms with Gasteiger partial charge in [-0.25, -0.2) is 8.42 Å². The van der Waals surface area contributed by atoms with Gasteiger partial charge in [-0.1, -0.05) is 12.1 Å². The van der Waals surface area contributed by atoms with Gasteiger partial charge in [0.1, 0.15) is 12.4 Å². The maximum absolute atomic E-state index is 12.8. The van der Waals surface area contributed by atoms with Gasteiger partial charge in [-0.3, -0.25) is 9.52 Å². The summed E-state index contributed by atoms with van der Waals surface area (Å²) in [6.07, 6.45) is 0. The van der Waals surface area contributed by atoms with Crippen LogP contribution in [0.1, 0.15) is 17.3 Å². The van der Waals surface area contributed by atoms with Crippen LogP contribution >= 0.6 is 0 Å². The number of sulfonamides is 1. The largest absolute Gasteiger partial charge is 0.490 e. The first-order valence-electron chi connectivity index (χ1n) is 10.6. The van der Waals surface area contributed by atoms with E-state index >= 15 is 0 Å². The Kier molecular flexibility index (Phi) is 8.81. The van der Waals surface area contributed by atoms with Gasteiger partial charge in [0.2, 0.25) is 5.88 Å². The zero-order valence-electron chi connectivity index (χ0n) is 19.5. The fourth-order valence-electron chi connectivity index (χ4n) is 2.90. The lowest BCUT2D eigenvalue weighted by atomic mass is 10.2. The number of nitrogens with zero attached hydrogens (tertiary/aromatic N) is 2.